The lowest BCUT2D eigenvalue weighted by atomic mass is 10.2. The molecule has 12 heteroatoms. The first kappa shape index (κ1) is 25.8. The highest BCUT2D eigenvalue weighted by molar-refractivity contribution is 9.10. The molecule has 0 fully saturated rings. The van der Waals surface area contributed by atoms with Gasteiger partial charge in [-0.05, 0) is 59.3 Å². The van der Waals surface area contributed by atoms with Crippen molar-refractivity contribution in [2.75, 3.05) is 18.0 Å². The van der Waals surface area contributed by atoms with Crippen molar-refractivity contribution in [2.24, 2.45) is 5.10 Å². The van der Waals surface area contributed by atoms with E-state index in [2.05, 4.69) is 26.5 Å². The lowest BCUT2D eigenvalue weighted by Crippen LogP contribution is -2.39. The lowest BCUT2D eigenvalue weighted by molar-refractivity contribution is -0.385. The van der Waals surface area contributed by atoms with E-state index in [-0.39, 0.29) is 21.8 Å². The summed E-state index contributed by atoms with van der Waals surface area (Å²) in [6, 6.07) is 16.8. The van der Waals surface area contributed by atoms with Gasteiger partial charge in [0.1, 0.15) is 12.3 Å². The van der Waals surface area contributed by atoms with Crippen LogP contribution in [0, 0.1) is 17.0 Å². The van der Waals surface area contributed by atoms with Crippen molar-refractivity contribution in [3.63, 3.8) is 0 Å². The number of hydrogen-bond acceptors (Lipinski definition) is 7. The molecule has 0 saturated carbocycles. The number of anilines is 1. The Morgan fingerprint density at radius 2 is 1.86 bits per heavy atom. The maximum Gasteiger partial charge on any atom is 0.278 e. The number of benzene rings is 3. The first-order valence-corrected chi connectivity index (χ1v) is 12.3. The number of aryl methyl sites for hydroxylation is 1. The Morgan fingerprint density at radius 1 is 1.17 bits per heavy atom. The topological polar surface area (TPSA) is 131 Å². The number of halogens is 1. The zero-order chi connectivity index (χ0) is 25.6. The van der Waals surface area contributed by atoms with Crippen LogP contribution < -0.4 is 14.5 Å². The molecule has 0 heterocycles. The molecule has 3 aromatic carbocycles. The van der Waals surface area contributed by atoms with Crippen molar-refractivity contribution < 1.29 is 22.9 Å². The summed E-state index contributed by atoms with van der Waals surface area (Å²) >= 11 is 3.28. The third kappa shape index (κ3) is 6.22. The summed E-state index contributed by atoms with van der Waals surface area (Å²) < 4.78 is 33.5. The van der Waals surface area contributed by atoms with Crippen LogP contribution in [0.25, 0.3) is 0 Å². The second-order valence-electron chi connectivity index (χ2n) is 7.25. The molecule has 3 aromatic rings. The number of nitrogens with zero attached hydrogens (tertiary/aromatic N) is 3. The van der Waals surface area contributed by atoms with Gasteiger partial charge in [-0.25, -0.2) is 13.8 Å². The number of carbonyl (C=O) groups is 1. The summed E-state index contributed by atoms with van der Waals surface area (Å²) in [6.45, 7) is 1.27. The molecule has 35 heavy (non-hydrogen) atoms. The number of amides is 1. The molecular formula is C23H21BrN4O6S. The van der Waals surface area contributed by atoms with Crippen molar-refractivity contribution in [2.45, 2.75) is 11.8 Å². The fraction of sp³-hybridized carbons (Fsp3) is 0.130. The average Bonchev–Trinajstić information content (AvgIpc) is 2.83. The summed E-state index contributed by atoms with van der Waals surface area (Å²) in [5.74, 6) is -0.288. The van der Waals surface area contributed by atoms with E-state index in [1.54, 1.807) is 30.3 Å². The van der Waals surface area contributed by atoms with E-state index in [1.807, 2.05) is 6.92 Å². The fourth-order valence-corrected chi connectivity index (χ4v) is 5.20. The first-order chi connectivity index (χ1) is 16.6. The second-order valence-corrected chi connectivity index (χ2v) is 9.97. The molecule has 0 radical (unpaired) electrons. The Morgan fingerprint density at radius 3 is 2.49 bits per heavy atom. The molecular weight excluding hydrogens is 540 g/mol. The molecule has 1 N–H and O–H groups in total. The Bertz CT molecular complexity index is 1380. The number of hydrazone groups is 1. The number of ether oxygens (including phenoxy) is 1. The first-order valence-electron chi connectivity index (χ1n) is 10.1. The van der Waals surface area contributed by atoms with Gasteiger partial charge < -0.3 is 4.74 Å². The number of rotatable bonds is 9. The predicted octanol–water partition coefficient (Wildman–Crippen LogP) is 4.02. The van der Waals surface area contributed by atoms with Crippen LogP contribution in [0.3, 0.4) is 0 Å². The Labute approximate surface area is 210 Å². The average molecular weight is 561 g/mol. The normalized spacial score (nSPS) is 11.3. The number of methoxy groups -OCH3 is 1. The number of nitrogens with one attached hydrogen (secondary N) is 1. The quantitative estimate of drug-likeness (QED) is 0.239. The zero-order valence-electron chi connectivity index (χ0n) is 18.7. The molecule has 3 rings (SSSR count). The third-order valence-electron chi connectivity index (χ3n) is 4.85. The Balaban J connectivity index is 1.88. The third-order valence-corrected chi connectivity index (χ3v) is 7.24. The van der Waals surface area contributed by atoms with Gasteiger partial charge in [-0.3, -0.25) is 19.2 Å². The van der Waals surface area contributed by atoms with E-state index in [0.29, 0.717) is 10.2 Å². The minimum absolute atomic E-state index is 0.0537. The van der Waals surface area contributed by atoms with Gasteiger partial charge >= 0.3 is 0 Å². The molecule has 0 aliphatic heterocycles. The van der Waals surface area contributed by atoms with E-state index in [0.717, 1.165) is 16.1 Å². The smallest absolute Gasteiger partial charge is 0.278 e. The highest BCUT2D eigenvalue weighted by atomic mass is 79.9. The van der Waals surface area contributed by atoms with E-state index in [9.17, 15) is 23.3 Å². The van der Waals surface area contributed by atoms with Crippen molar-refractivity contribution in [3.8, 4) is 5.75 Å². The zero-order valence-corrected chi connectivity index (χ0v) is 21.1. The van der Waals surface area contributed by atoms with Crippen molar-refractivity contribution in [1.29, 1.82) is 0 Å². The van der Waals surface area contributed by atoms with Crippen LogP contribution >= 0.6 is 15.9 Å². The van der Waals surface area contributed by atoms with Gasteiger partial charge in [-0.1, -0.05) is 29.8 Å². The van der Waals surface area contributed by atoms with Crippen molar-refractivity contribution in [1.82, 2.24) is 5.43 Å². The van der Waals surface area contributed by atoms with Gasteiger partial charge in [-0.2, -0.15) is 5.10 Å². The number of para-hydroxylation sites is 1. The Hall–Kier alpha value is -3.77. The maximum atomic E-state index is 13.5. The molecule has 10 nitrogen and oxygen atoms in total. The van der Waals surface area contributed by atoms with Gasteiger partial charge in [0.2, 0.25) is 0 Å². The summed E-state index contributed by atoms with van der Waals surface area (Å²) in [7, 11) is -2.70. The number of nitro benzene ring substituents is 1. The molecule has 0 aliphatic carbocycles. The van der Waals surface area contributed by atoms with E-state index in [1.165, 1.54) is 43.5 Å². The SMILES string of the molecule is COc1ccc(S(=O)(=O)N(CC(=O)N/N=C/c2ccccc2[N+](=O)[O-])c2ccc(C)cc2)cc1Br. The van der Waals surface area contributed by atoms with Crippen LogP contribution in [0.4, 0.5) is 11.4 Å². The standard InChI is InChI=1S/C23H21BrN4O6S/c1-16-7-9-18(10-8-16)27(35(32,33)19-11-12-22(34-2)20(24)13-19)15-23(29)26-25-14-17-5-3-4-6-21(17)28(30)31/h3-14H,15H2,1-2H3,(H,26,29)/b25-14+. The van der Waals surface area contributed by atoms with Crippen LogP contribution in [-0.2, 0) is 14.8 Å². The molecule has 0 unspecified atom stereocenters. The fourth-order valence-electron chi connectivity index (χ4n) is 3.06. The van der Waals surface area contributed by atoms with E-state index in [4.69, 9.17) is 4.74 Å². The molecule has 0 saturated heterocycles. The van der Waals surface area contributed by atoms with E-state index >= 15 is 0 Å². The highest BCUT2D eigenvalue weighted by Gasteiger charge is 2.28. The van der Waals surface area contributed by atoms with Crippen LogP contribution in [0.5, 0.6) is 5.75 Å². The highest BCUT2D eigenvalue weighted by Crippen LogP contribution is 2.30. The van der Waals surface area contributed by atoms with Gasteiger partial charge in [0.15, 0.2) is 0 Å². The van der Waals surface area contributed by atoms with Crippen LogP contribution in [0.1, 0.15) is 11.1 Å². The molecule has 0 aromatic heterocycles. The van der Waals surface area contributed by atoms with Gasteiger partial charge in [0.25, 0.3) is 21.6 Å². The molecule has 0 aliphatic rings. The number of carbonyl (C=O) groups excluding carboxylic acids is 1. The largest absolute Gasteiger partial charge is 0.496 e. The summed E-state index contributed by atoms with van der Waals surface area (Å²) in [4.78, 5) is 23.2. The summed E-state index contributed by atoms with van der Waals surface area (Å²) in [5, 5.41) is 14.9. The lowest BCUT2D eigenvalue weighted by Gasteiger charge is -2.24. The van der Waals surface area contributed by atoms with Gasteiger partial charge in [0.05, 0.1) is 38.9 Å². The van der Waals surface area contributed by atoms with Gasteiger partial charge in [-0.15, -0.1) is 0 Å². The number of sulfonamides is 1. The Kier molecular flexibility index (Phi) is 8.20. The maximum absolute atomic E-state index is 13.5. The summed E-state index contributed by atoms with van der Waals surface area (Å²) in [5.41, 5.74) is 3.43. The van der Waals surface area contributed by atoms with E-state index < -0.39 is 27.4 Å². The van der Waals surface area contributed by atoms with Crippen molar-refractivity contribution in [3.05, 3.63) is 92.4 Å². The molecule has 182 valence electrons. The number of hydrogen-bond donors (Lipinski definition) is 1. The van der Waals surface area contributed by atoms with Gasteiger partial charge in [0, 0.05) is 6.07 Å². The summed E-state index contributed by atoms with van der Waals surface area (Å²) in [6.07, 6.45) is 1.13. The molecule has 0 spiro atoms. The molecule has 0 atom stereocenters. The van der Waals surface area contributed by atoms with Crippen LogP contribution in [0.2, 0.25) is 0 Å². The van der Waals surface area contributed by atoms with Crippen LogP contribution in [-0.4, -0.2) is 39.1 Å². The molecule has 0 bridgehead atoms. The predicted molar refractivity (Wildman–Crippen MR) is 135 cm³/mol. The number of nitro groups is 1. The van der Waals surface area contributed by atoms with Crippen LogP contribution in [0.15, 0.2) is 81.2 Å². The molecule has 1 amide bonds. The van der Waals surface area contributed by atoms with Crippen molar-refractivity contribution >= 4 is 49.4 Å². The second kappa shape index (κ2) is 11.1. The monoisotopic (exact) mass is 560 g/mol. The minimum Gasteiger partial charge on any atom is -0.496 e. The minimum atomic E-state index is -4.16.